The first-order valence-corrected chi connectivity index (χ1v) is 5.03. The van der Waals surface area contributed by atoms with E-state index >= 15 is 0 Å². The summed E-state index contributed by atoms with van der Waals surface area (Å²) in [5, 5.41) is 8.50. The second-order valence-electron chi connectivity index (χ2n) is 3.80. The second kappa shape index (κ2) is 3.46. The normalized spacial score (nSPS) is 18.0. The van der Waals surface area contributed by atoms with Gasteiger partial charge in [0.25, 0.3) is 0 Å². The van der Waals surface area contributed by atoms with Crippen LogP contribution >= 0.6 is 11.6 Å². The van der Waals surface area contributed by atoms with Crippen LogP contribution in [-0.2, 0) is 5.41 Å². The van der Waals surface area contributed by atoms with Crippen LogP contribution in [0.4, 0.5) is 8.78 Å². The summed E-state index contributed by atoms with van der Waals surface area (Å²) in [6, 6.07) is 4.45. The van der Waals surface area contributed by atoms with Gasteiger partial charge in [0.1, 0.15) is 16.7 Å². The van der Waals surface area contributed by atoms with Gasteiger partial charge in [-0.3, -0.25) is 0 Å². The zero-order valence-corrected chi connectivity index (χ0v) is 8.61. The van der Waals surface area contributed by atoms with Crippen LogP contribution in [0.3, 0.4) is 0 Å². The molecular formula is C11H8ClF2N. The maximum Gasteiger partial charge on any atom is 0.145 e. The van der Waals surface area contributed by atoms with Crippen molar-refractivity contribution in [2.75, 3.05) is 0 Å². The van der Waals surface area contributed by atoms with Crippen molar-refractivity contribution in [1.29, 1.82) is 5.26 Å². The van der Waals surface area contributed by atoms with Crippen molar-refractivity contribution < 1.29 is 8.78 Å². The molecule has 0 N–H and O–H groups in total. The molecule has 0 aromatic heterocycles. The van der Waals surface area contributed by atoms with E-state index in [4.69, 9.17) is 16.9 Å². The highest BCUT2D eigenvalue weighted by Gasteiger charge is 2.39. The van der Waals surface area contributed by atoms with Crippen LogP contribution in [0.1, 0.15) is 24.8 Å². The highest BCUT2D eigenvalue weighted by Crippen LogP contribution is 2.44. The summed E-state index contributed by atoms with van der Waals surface area (Å²) in [6.07, 6.45) is 2.23. The molecule has 0 bridgehead atoms. The number of halogens is 3. The lowest BCUT2D eigenvalue weighted by molar-refractivity contribution is 0.321. The summed E-state index contributed by atoms with van der Waals surface area (Å²) in [7, 11) is 0. The summed E-state index contributed by atoms with van der Waals surface area (Å²) in [6.45, 7) is 0. The van der Waals surface area contributed by atoms with Gasteiger partial charge in [0, 0.05) is 0 Å². The smallest absolute Gasteiger partial charge is 0.145 e. The minimum Gasteiger partial charge on any atom is -0.205 e. The first-order valence-electron chi connectivity index (χ1n) is 4.65. The molecule has 0 heterocycles. The molecule has 0 amide bonds. The fourth-order valence-electron chi connectivity index (χ4n) is 1.83. The molecule has 0 atom stereocenters. The molecule has 1 aliphatic rings. The van der Waals surface area contributed by atoms with Gasteiger partial charge in [-0.05, 0) is 37.0 Å². The molecule has 0 radical (unpaired) electrons. The molecule has 1 aliphatic carbocycles. The van der Waals surface area contributed by atoms with Gasteiger partial charge >= 0.3 is 0 Å². The lowest BCUT2D eigenvalue weighted by Gasteiger charge is -2.35. The molecule has 4 heteroatoms. The van der Waals surface area contributed by atoms with E-state index in [1.54, 1.807) is 0 Å². The maximum atomic E-state index is 13.2. The predicted octanol–water partition coefficient (Wildman–Crippen LogP) is 3.56. The lowest BCUT2D eigenvalue weighted by Crippen LogP contribution is -2.32. The van der Waals surface area contributed by atoms with Gasteiger partial charge in [0.05, 0.1) is 11.5 Å². The van der Waals surface area contributed by atoms with Crippen molar-refractivity contribution in [3.8, 4) is 6.07 Å². The van der Waals surface area contributed by atoms with Crippen molar-refractivity contribution in [3.63, 3.8) is 0 Å². The van der Waals surface area contributed by atoms with E-state index in [1.165, 1.54) is 0 Å². The summed E-state index contributed by atoms with van der Waals surface area (Å²) >= 11 is 5.37. The SMILES string of the molecule is N#CC1(c2cc(F)c(Cl)c(F)c2)CCC1. The van der Waals surface area contributed by atoms with E-state index < -0.39 is 22.1 Å². The Balaban J connectivity index is 2.51. The Morgan fingerprint density at radius 3 is 2.13 bits per heavy atom. The Morgan fingerprint density at radius 2 is 1.80 bits per heavy atom. The fourth-order valence-corrected chi connectivity index (χ4v) is 1.94. The van der Waals surface area contributed by atoms with Crippen molar-refractivity contribution in [1.82, 2.24) is 0 Å². The Kier molecular flexibility index (Phi) is 2.40. The molecule has 78 valence electrons. The average Bonchev–Trinajstić information content (AvgIpc) is 2.13. The third-order valence-electron chi connectivity index (χ3n) is 2.96. The van der Waals surface area contributed by atoms with Gasteiger partial charge in [-0.2, -0.15) is 5.26 Å². The van der Waals surface area contributed by atoms with Crippen LogP contribution < -0.4 is 0 Å². The van der Waals surface area contributed by atoms with Gasteiger partial charge in [-0.1, -0.05) is 11.6 Å². The first-order chi connectivity index (χ1) is 7.09. The van der Waals surface area contributed by atoms with E-state index in [-0.39, 0.29) is 0 Å². The van der Waals surface area contributed by atoms with Crippen molar-refractivity contribution in [3.05, 3.63) is 34.4 Å². The molecule has 1 nitrogen and oxygen atoms in total. The number of nitriles is 1. The minimum absolute atomic E-state index is 0.399. The van der Waals surface area contributed by atoms with Crippen LogP contribution in [0.2, 0.25) is 5.02 Å². The van der Waals surface area contributed by atoms with Crippen LogP contribution in [0.5, 0.6) is 0 Å². The Morgan fingerprint density at radius 1 is 1.27 bits per heavy atom. The molecule has 2 rings (SSSR count). The zero-order chi connectivity index (χ0) is 11.1. The second-order valence-corrected chi connectivity index (χ2v) is 4.18. The van der Waals surface area contributed by atoms with Gasteiger partial charge < -0.3 is 0 Å². The first kappa shape index (κ1) is 10.4. The molecule has 1 aromatic rings. The van der Waals surface area contributed by atoms with Crippen molar-refractivity contribution in [2.45, 2.75) is 24.7 Å². The van der Waals surface area contributed by atoms with E-state index in [2.05, 4.69) is 6.07 Å². The van der Waals surface area contributed by atoms with E-state index in [0.717, 1.165) is 18.6 Å². The Hall–Kier alpha value is -1.14. The Bertz CT molecular complexity index is 423. The van der Waals surface area contributed by atoms with Crippen LogP contribution in [0, 0.1) is 23.0 Å². The zero-order valence-electron chi connectivity index (χ0n) is 7.86. The molecule has 1 aromatic carbocycles. The summed E-state index contributed by atoms with van der Waals surface area (Å²) in [4.78, 5) is 0. The Labute approximate surface area is 91.3 Å². The third kappa shape index (κ3) is 1.49. The van der Waals surface area contributed by atoms with Crippen molar-refractivity contribution in [2.24, 2.45) is 0 Å². The van der Waals surface area contributed by atoms with Gasteiger partial charge in [-0.25, -0.2) is 8.78 Å². The number of benzene rings is 1. The van der Waals surface area contributed by atoms with E-state index in [0.29, 0.717) is 18.4 Å². The molecule has 0 spiro atoms. The molecule has 0 saturated heterocycles. The van der Waals surface area contributed by atoms with Crippen LogP contribution in [0.15, 0.2) is 12.1 Å². The molecule has 0 aliphatic heterocycles. The summed E-state index contributed by atoms with van der Waals surface area (Å²) in [5.74, 6) is -1.60. The predicted molar refractivity (Wildman–Crippen MR) is 52.5 cm³/mol. The fraction of sp³-hybridized carbons (Fsp3) is 0.364. The minimum atomic E-state index is -0.798. The molecule has 0 unspecified atom stereocenters. The third-order valence-corrected chi connectivity index (χ3v) is 3.32. The highest BCUT2D eigenvalue weighted by molar-refractivity contribution is 6.30. The van der Waals surface area contributed by atoms with Gasteiger partial charge in [0.15, 0.2) is 0 Å². The van der Waals surface area contributed by atoms with Crippen LogP contribution in [-0.4, -0.2) is 0 Å². The standard InChI is InChI=1S/C11H8ClF2N/c12-10-8(13)4-7(5-9(10)14)11(6-15)2-1-3-11/h4-5H,1-3H2. The summed E-state index contributed by atoms with van der Waals surface area (Å²) < 4.78 is 26.4. The number of rotatable bonds is 1. The number of hydrogen-bond acceptors (Lipinski definition) is 1. The van der Waals surface area contributed by atoms with E-state index in [9.17, 15) is 8.78 Å². The van der Waals surface area contributed by atoms with Gasteiger partial charge in [-0.15, -0.1) is 0 Å². The van der Waals surface area contributed by atoms with Crippen molar-refractivity contribution >= 4 is 11.6 Å². The summed E-state index contributed by atoms with van der Waals surface area (Å²) in [5.41, 5.74) is -0.303. The quantitative estimate of drug-likeness (QED) is 0.673. The maximum absolute atomic E-state index is 13.2. The average molecular weight is 228 g/mol. The van der Waals surface area contributed by atoms with Crippen LogP contribution in [0.25, 0.3) is 0 Å². The number of nitrogens with zero attached hydrogens (tertiary/aromatic N) is 1. The van der Waals surface area contributed by atoms with E-state index in [1.807, 2.05) is 0 Å². The largest absolute Gasteiger partial charge is 0.205 e. The molecular weight excluding hydrogens is 220 g/mol. The monoisotopic (exact) mass is 227 g/mol. The molecule has 1 saturated carbocycles. The lowest BCUT2D eigenvalue weighted by atomic mass is 9.65. The highest BCUT2D eigenvalue weighted by atomic mass is 35.5. The molecule has 15 heavy (non-hydrogen) atoms. The molecule has 1 fully saturated rings. The van der Waals surface area contributed by atoms with Gasteiger partial charge in [0.2, 0.25) is 0 Å². The topological polar surface area (TPSA) is 23.8 Å². The number of hydrogen-bond donors (Lipinski definition) is 0.